The van der Waals surface area contributed by atoms with Crippen molar-refractivity contribution in [3.05, 3.63) is 95.2 Å². The maximum Gasteiger partial charge on any atom is 0.419 e. The van der Waals surface area contributed by atoms with Crippen LogP contribution in [0.4, 0.5) is 9.59 Å². The maximum absolute atomic E-state index is 13.2. The van der Waals surface area contributed by atoms with Gasteiger partial charge in [0.15, 0.2) is 0 Å². The van der Waals surface area contributed by atoms with Gasteiger partial charge >= 0.3 is 18.2 Å². The van der Waals surface area contributed by atoms with Crippen LogP contribution in [0.5, 0.6) is 0 Å². The first-order chi connectivity index (χ1) is 19.5. The zero-order valence-electron chi connectivity index (χ0n) is 23.9. The molecule has 0 spiro atoms. The number of para-hydroxylation sites is 1. The van der Waals surface area contributed by atoms with Gasteiger partial charge in [0.1, 0.15) is 18.2 Å². The van der Waals surface area contributed by atoms with Crippen LogP contribution in [0.25, 0.3) is 22.0 Å². The molecule has 8 heteroatoms. The minimum absolute atomic E-state index is 0.0157. The van der Waals surface area contributed by atoms with Crippen molar-refractivity contribution in [2.24, 2.45) is 0 Å². The highest BCUT2D eigenvalue weighted by Crippen LogP contribution is 2.44. The number of aromatic nitrogens is 1. The van der Waals surface area contributed by atoms with Crippen molar-refractivity contribution in [3.8, 4) is 11.1 Å². The molecule has 212 valence electrons. The van der Waals surface area contributed by atoms with Crippen LogP contribution in [-0.4, -0.2) is 58.0 Å². The second-order valence-electron chi connectivity index (χ2n) is 11.4. The fourth-order valence-corrected chi connectivity index (χ4v) is 5.64. The van der Waals surface area contributed by atoms with E-state index >= 15 is 0 Å². The van der Waals surface area contributed by atoms with Crippen LogP contribution in [0.15, 0.2) is 72.8 Å². The third-order valence-corrected chi connectivity index (χ3v) is 7.59. The van der Waals surface area contributed by atoms with Gasteiger partial charge in [0.2, 0.25) is 0 Å². The second-order valence-corrected chi connectivity index (χ2v) is 11.4. The Kier molecular flexibility index (Phi) is 7.34. The fourth-order valence-electron chi connectivity index (χ4n) is 5.64. The Morgan fingerprint density at radius 3 is 2.07 bits per heavy atom. The number of fused-ring (bicyclic) bond motifs is 4. The van der Waals surface area contributed by atoms with Crippen molar-refractivity contribution in [2.45, 2.75) is 51.7 Å². The molecule has 1 heterocycles. The molecular formula is C33H34N2O6. The summed E-state index contributed by atoms with van der Waals surface area (Å²) in [6, 6.07) is 22.1. The average Bonchev–Trinajstić information content (AvgIpc) is 3.40. The van der Waals surface area contributed by atoms with Gasteiger partial charge in [-0.15, -0.1) is 0 Å². The Balaban J connectivity index is 1.38. The van der Waals surface area contributed by atoms with Gasteiger partial charge in [0, 0.05) is 30.5 Å². The van der Waals surface area contributed by atoms with Gasteiger partial charge < -0.3 is 14.6 Å². The summed E-state index contributed by atoms with van der Waals surface area (Å²) in [4.78, 5) is 39.9. The number of ether oxygens (including phenoxy) is 2. The predicted molar refractivity (Wildman–Crippen MR) is 156 cm³/mol. The molecule has 4 aromatic rings. The first-order valence-corrected chi connectivity index (χ1v) is 13.6. The number of carbonyl (C=O) groups excluding carboxylic acids is 2. The summed E-state index contributed by atoms with van der Waals surface area (Å²) < 4.78 is 12.8. The summed E-state index contributed by atoms with van der Waals surface area (Å²) in [5.74, 6) is -1.31. The van der Waals surface area contributed by atoms with Crippen molar-refractivity contribution >= 4 is 29.1 Å². The zero-order valence-corrected chi connectivity index (χ0v) is 23.9. The van der Waals surface area contributed by atoms with Crippen molar-refractivity contribution in [2.75, 3.05) is 13.7 Å². The van der Waals surface area contributed by atoms with Crippen molar-refractivity contribution in [3.63, 3.8) is 0 Å². The number of hydrogen-bond acceptors (Lipinski definition) is 5. The molecule has 0 bridgehead atoms. The van der Waals surface area contributed by atoms with Crippen LogP contribution < -0.4 is 0 Å². The van der Waals surface area contributed by atoms with Crippen LogP contribution in [0.1, 0.15) is 49.1 Å². The van der Waals surface area contributed by atoms with E-state index in [-0.39, 0.29) is 18.9 Å². The molecule has 5 rings (SSSR count). The van der Waals surface area contributed by atoms with Gasteiger partial charge in [-0.1, -0.05) is 66.7 Å². The van der Waals surface area contributed by atoms with Gasteiger partial charge in [-0.05, 0) is 61.6 Å². The monoisotopic (exact) mass is 554 g/mol. The summed E-state index contributed by atoms with van der Waals surface area (Å²) in [6.07, 6.45) is -1.29. The average molecular weight is 555 g/mol. The van der Waals surface area contributed by atoms with Gasteiger partial charge in [-0.2, -0.15) is 0 Å². The molecule has 1 aromatic heterocycles. The number of likely N-dealkylation sites (N-methyl/N-ethyl adjacent to an activating group) is 1. The zero-order chi connectivity index (χ0) is 29.5. The highest BCUT2D eigenvalue weighted by molar-refractivity contribution is 5.94. The predicted octanol–water partition coefficient (Wildman–Crippen LogP) is 6.61. The normalized spacial score (nSPS) is 13.4. The number of rotatable bonds is 6. The minimum Gasteiger partial charge on any atom is -0.480 e. The SMILES string of the molecule is Cc1c(C[C@@H](C(=O)O)N(C)C(=O)OCC2c3ccccc3-c3ccccc32)c2ccccc2n1C(=O)OC(C)(C)C. The van der Waals surface area contributed by atoms with Crippen molar-refractivity contribution in [1.29, 1.82) is 0 Å². The third-order valence-electron chi connectivity index (χ3n) is 7.59. The van der Waals surface area contributed by atoms with Gasteiger partial charge in [0.05, 0.1) is 5.52 Å². The molecule has 1 amide bonds. The Morgan fingerprint density at radius 2 is 1.49 bits per heavy atom. The van der Waals surface area contributed by atoms with Gasteiger partial charge in [0.25, 0.3) is 0 Å². The van der Waals surface area contributed by atoms with Crippen LogP contribution in [0.2, 0.25) is 0 Å². The first kappa shape index (κ1) is 28.0. The fraction of sp³-hybridized carbons (Fsp3) is 0.303. The number of aliphatic carboxylic acids is 1. The standard InChI is InChI=1S/C33H34N2O6/c1-20-26(25-16-10-11-17-28(25)35(20)32(39)41-33(2,3)4)18-29(30(36)37)34(5)31(38)40-19-27-23-14-8-6-12-21(23)22-13-7-9-15-24(22)27/h6-17,27,29H,18-19H2,1-5H3,(H,36,37)/t29-/m0/s1. The van der Waals surface area contributed by atoms with Crippen LogP contribution >= 0.6 is 0 Å². The van der Waals surface area contributed by atoms with Crippen LogP contribution in [0, 0.1) is 6.92 Å². The van der Waals surface area contributed by atoms with E-state index in [1.807, 2.05) is 54.6 Å². The Bertz CT molecular complexity index is 1600. The third kappa shape index (κ3) is 5.29. The maximum atomic E-state index is 13.2. The molecule has 1 aliphatic carbocycles. The molecule has 0 unspecified atom stereocenters. The largest absolute Gasteiger partial charge is 0.480 e. The first-order valence-electron chi connectivity index (χ1n) is 13.6. The summed E-state index contributed by atoms with van der Waals surface area (Å²) in [7, 11) is 1.43. The van der Waals surface area contributed by atoms with E-state index in [2.05, 4.69) is 12.1 Å². The number of carboxylic acid groups (broad SMARTS) is 1. The quantitative estimate of drug-likeness (QED) is 0.288. The molecule has 1 aliphatic rings. The Hall–Kier alpha value is -4.59. The number of carboxylic acids is 1. The summed E-state index contributed by atoms with van der Waals surface area (Å²) in [5, 5.41) is 10.9. The Labute approximate surface area is 239 Å². The van der Waals surface area contributed by atoms with E-state index in [4.69, 9.17) is 9.47 Å². The molecule has 3 aromatic carbocycles. The van der Waals surface area contributed by atoms with E-state index in [0.29, 0.717) is 16.8 Å². The molecule has 0 radical (unpaired) electrons. The smallest absolute Gasteiger partial charge is 0.419 e. The van der Waals surface area contributed by atoms with Crippen LogP contribution in [-0.2, 0) is 20.7 Å². The van der Waals surface area contributed by atoms with Crippen LogP contribution in [0.3, 0.4) is 0 Å². The van der Waals surface area contributed by atoms with E-state index in [1.165, 1.54) is 11.6 Å². The number of benzene rings is 3. The lowest BCUT2D eigenvalue weighted by Gasteiger charge is -2.25. The number of carbonyl (C=O) groups is 3. The van der Waals surface area contributed by atoms with Crippen molar-refractivity contribution < 1.29 is 29.0 Å². The number of nitrogens with zero attached hydrogens (tertiary/aromatic N) is 2. The van der Waals surface area contributed by atoms with Gasteiger partial charge in [-0.3, -0.25) is 4.90 Å². The summed E-state index contributed by atoms with van der Waals surface area (Å²) >= 11 is 0. The lowest BCUT2D eigenvalue weighted by Crippen LogP contribution is -2.44. The van der Waals surface area contributed by atoms with E-state index < -0.39 is 29.8 Å². The number of amides is 1. The summed E-state index contributed by atoms with van der Waals surface area (Å²) in [5.41, 5.74) is 5.49. The van der Waals surface area contributed by atoms with Crippen molar-refractivity contribution in [1.82, 2.24) is 9.47 Å². The molecule has 0 fully saturated rings. The molecule has 0 aliphatic heterocycles. The molecular weight excluding hydrogens is 520 g/mol. The number of hydrogen-bond donors (Lipinski definition) is 1. The topological polar surface area (TPSA) is 98.1 Å². The van der Waals surface area contributed by atoms with Gasteiger partial charge in [-0.25, -0.2) is 19.0 Å². The Morgan fingerprint density at radius 1 is 0.927 bits per heavy atom. The van der Waals surface area contributed by atoms with E-state index in [1.54, 1.807) is 33.8 Å². The van der Waals surface area contributed by atoms with E-state index in [9.17, 15) is 19.5 Å². The van der Waals surface area contributed by atoms with E-state index in [0.717, 1.165) is 32.5 Å². The lowest BCUT2D eigenvalue weighted by molar-refractivity contribution is -0.142. The second kappa shape index (κ2) is 10.8. The molecule has 1 N–H and O–H groups in total. The molecule has 0 saturated heterocycles. The highest BCUT2D eigenvalue weighted by Gasteiger charge is 2.34. The molecule has 41 heavy (non-hydrogen) atoms. The molecule has 0 saturated carbocycles. The highest BCUT2D eigenvalue weighted by atomic mass is 16.6. The minimum atomic E-state index is -1.22. The lowest BCUT2D eigenvalue weighted by atomic mass is 9.98. The molecule has 1 atom stereocenters. The molecule has 8 nitrogen and oxygen atoms in total. The summed E-state index contributed by atoms with van der Waals surface area (Å²) in [6.45, 7) is 7.20.